The van der Waals surface area contributed by atoms with Crippen molar-refractivity contribution in [3.05, 3.63) is 113 Å². The number of carbonyl (C=O) groups is 1. The van der Waals surface area contributed by atoms with Crippen LogP contribution in [0.15, 0.2) is 101 Å². The minimum Gasteiger partial charge on any atom is -0.363 e. The lowest BCUT2D eigenvalue weighted by atomic mass is 9.91. The molecular weight excluding hydrogens is 558 g/mol. The fourth-order valence-corrected chi connectivity index (χ4v) is 6.40. The topological polar surface area (TPSA) is 69.2 Å². The lowest BCUT2D eigenvalue weighted by Gasteiger charge is -2.44. The van der Waals surface area contributed by atoms with Gasteiger partial charge < -0.3 is 25.2 Å². The molecule has 236 valence electrons. The van der Waals surface area contributed by atoms with Crippen LogP contribution >= 0.6 is 0 Å². The van der Waals surface area contributed by atoms with E-state index in [4.69, 9.17) is 9.73 Å². The first kappa shape index (κ1) is 30.9. The molecule has 4 aliphatic rings. The van der Waals surface area contributed by atoms with Crippen molar-refractivity contribution in [3.8, 4) is 0 Å². The molecule has 1 aliphatic heterocycles. The molecule has 1 heterocycles. The van der Waals surface area contributed by atoms with Gasteiger partial charge in [0.25, 0.3) is 0 Å². The molecule has 1 saturated carbocycles. The highest BCUT2D eigenvalue weighted by molar-refractivity contribution is 5.88. The molecule has 2 aromatic rings. The molecule has 0 spiro atoms. The third-order valence-corrected chi connectivity index (χ3v) is 9.06. The Morgan fingerprint density at radius 3 is 2.53 bits per heavy atom. The Balaban J connectivity index is 1.10. The first-order chi connectivity index (χ1) is 22.0. The lowest BCUT2D eigenvalue weighted by Crippen LogP contribution is -2.53. The van der Waals surface area contributed by atoms with E-state index >= 15 is 0 Å². The summed E-state index contributed by atoms with van der Waals surface area (Å²) < 4.78 is 5.79. The Bertz CT molecular complexity index is 1500. The highest BCUT2D eigenvalue weighted by atomic mass is 16.5. The van der Waals surface area contributed by atoms with Gasteiger partial charge in [0.1, 0.15) is 6.73 Å². The van der Waals surface area contributed by atoms with Crippen LogP contribution in [-0.2, 0) is 22.7 Å². The normalized spacial score (nSPS) is 21.5. The predicted molar refractivity (Wildman–Crippen MR) is 182 cm³/mol. The molecule has 1 fully saturated rings. The first-order valence-corrected chi connectivity index (χ1v) is 16.7. The lowest BCUT2D eigenvalue weighted by molar-refractivity contribution is -0.121. The van der Waals surface area contributed by atoms with E-state index < -0.39 is 0 Å². The summed E-state index contributed by atoms with van der Waals surface area (Å²) in [5, 5.41) is 6.53. The first-order valence-electron chi connectivity index (χ1n) is 16.7. The molecular formula is C38H47N5O2. The van der Waals surface area contributed by atoms with E-state index in [1.807, 2.05) is 12.1 Å². The van der Waals surface area contributed by atoms with Gasteiger partial charge in [-0.15, -0.1) is 0 Å². The van der Waals surface area contributed by atoms with Gasteiger partial charge in [-0.3, -0.25) is 4.79 Å². The second-order valence-corrected chi connectivity index (χ2v) is 12.6. The molecule has 0 saturated heterocycles. The van der Waals surface area contributed by atoms with Crippen LogP contribution < -0.4 is 10.6 Å². The number of amides is 1. The van der Waals surface area contributed by atoms with E-state index in [0.29, 0.717) is 38.1 Å². The number of hydrogen-bond acceptors (Lipinski definition) is 6. The molecule has 7 nitrogen and oxygen atoms in total. The number of aryl methyl sites for hydroxylation is 1. The molecule has 0 radical (unpaired) electrons. The third kappa shape index (κ3) is 7.59. The fraction of sp³-hybridized carbons (Fsp3) is 0.421. The van der Waals surface area contributed by atoms with Crippen LogP contribution in [0.1, 0.15) is 62.6 Å². The molecule has 3 aliphatic carbocycles. The van der Waals surface area contributed by atoms with Crippen LogP contribution in [0.4, 0.5) is 5.69 Å². The smallest absolute Gasteiger partial charge is 0.222 e. The number of nitrogens with one attached hydrogen (secondary N) is 2. The molecule has 6 rings (SSSR count). The SMILES string of the molecule is CCCN(CC)C1=NC2=CC3CC3C=C2C(CC(=O)NCc2ccc(NCOCc3ccc(C)cc3)cc2)N1C1=CCCC=C1. The summed E-state index contributed by atoms with van der Waals surface area (Å²) >= 11 is 0. The van der Waals surface area contributed by atoms with Crippen molar-refractivity contribution in [1.82, 2.24) is 15.1 Å². The van der Waals surface area contributed by atoms with Gasteiger partial charge >= 0.3 is 0 Å². The second kappa shape index (κ2) is 14.3. The predicted octanol–water partition coefficient (Wildman–Crippen LogP) is 7.05. The molecule has 3 unspecified atom stereocenters. The number of guanidine groups is 1. The van der Waals surface area contributed by atoms with Crippen molar-refractivity contribution >= 4 is 17.6 Å². The summed E-state index contributed by atoms with van der Waals surface area (Å²) in [6.07, 6.45) is 16.2. The van der Waals surface area contributed by atoms with Crippen molar-refractivity contribution in [2.24, 2.45) is 16.8 Å². The van der Waals surface area contributed by atoms with Gasteiger partial charge in [-0.2, -0.15) is 0 Å². The van der Waals surface area contributed by atoms with Gasteiger partial charge in [0.05, 0.1) is 24.8 Å². The van der Waals surface area contributed by atoms with Gasteiger partial charge in [0.15, 0.2) is 0 Å². The van der Waals surface area contributed by atoms with Crippen LogP contribution in [0.5, 0.6) is 0 Å². The van der Waals surface area contributed by atoms with Gasteiger partial charge in [-0.1, -0.05) is 73.2 Å². The van der Waals surface area contributed by atoms with E-state index in [-0.39, 0.29) is 11.9 Å². The van der Waals surface area contributed by atoms with Crippen molar-refractivity contribution in [3.63, 3.8) is 0 Å². The van der Waals surface area contributed by atoms with Gasteiger partial charge in [-0.25, -0.2) is 4.99 Å². The average Bonchev–Trinajstić information content (AvgIpc) is 3.84. The summed E-state index contributed by atoms with van der Waals surface area (Å²) in [5.41, 5.74) is 7.88. The number of aliphatic imine (C=N–C) groups is 1. The van der Waals surface area contributed by atoms with Gasteiger partial charge in [0.2, 0.25) is 11.9 Å². The Morgan fingerprint density at radius 1 is 1.02 bits per heavy atom. The second-order valence-electron chi connectivity index (χ2n) is 12.6. The van der Waals surface area contributed by atoms with Crippen molar-refractivity contribution in [2.75, 3.05) is 25.1 Å². The highest BCUT2D eigenvalue weighted by Crippen LogP contribution is 2.49. The summed E-state index contributed by atoms with van der Waals surface area (Å²) in [4.78, 5) is 23.6. The van der Waals surface area contributed by atoms with Crippen molar-refractivity contribution in [1.29, 1.82) is 0 Å². The number of hydrogen-bond donors (Lipinski definition) is 2. The Morgan fingerprint density at radius 2 is 1.80 bits per heavy atom. The van der Waals surface area contributed by atoms with Crippen LogP contribution in [0.2, 0.25) is 0 Å². The molecule has 7 heteroatoms. The number of allylic oxidation sites excluding steroid dienone is 5. The summed E-state index contributed by atoms with van der Waals surface area (Å²) in [5.74, 6) is 2.21. The van der Waals surface area contributed by atoms with Crippen molar-refractivity contribution in [2.45, 2.75) is 72.1 Å². The maximum atomic E-state index is 13.6. The average molecular weight is 606 g/mol. The number of carbonyl (C=O) groups excluding carboxylic acids is 1. The number of benzene rings is 2. The zero-order chi connectivity index (χ0) is 31.2. The molecule has 0 aromatic heterocycles. The quantitative estimate of drug-likeness (QED) is 0.189. The maximum Gasteiger partial charge on any atom is 0.222 e. The molecule has 2 N–H and O–H groups in total. The minimum absolute atomic E-state index is 0.0510. The third-order valence-electron chi connectivity index (χ3n) is 9.06. The molecule has 1 amide bonds. The van der Waals surface area contributed by atoms with Crippen LogP contribution in [0.25, 0.3) is 0 Å². The number of fused-ring (bicyclic) bond motifs is 2. The monoisotopic (exact) mass is 605 g/mol. The minimum atomic E-state index is -0.0864. The number of ether oxygens (including phenoxy) is 1. The standard InChI is InChI=1S/C38H47N5O2/c1-4-19-42(5-2)38-41-35-22-31-20-30(31)21-34(35)36(43(38)33-9-7-6-8-10-33)23-37(44)39-24-28-15-17-32(18-16-28)40-26-45-25-29-13-11-27(3)12-14-29/h7,9-18,21-22,30-31,36,40H,4-6,8,19-20,23-26H2,1-3H3,(H,39,44). The van der Waals surface area contributed by atoms with E-state index in [1.54, 1.807) is 0 Å². The van der Waals surface area contributed by atoms with Crippen LogP contribution in [0, 0.1) is 18.8 Å². The summed E-state index contributed by atoms with van der Waals surface area (Å²) in [7, 11) is 0. The van der Waals surface area contributed by atoms with E-state index in [9.17, 15) is 4.79 Å². The Hall–Kier alpha value is -4.10. The molecule has 2 aromatic carbocycles. The van der Waals surface area contributed by atoms with Crippen LogP contribution in [0.3, 0.4) is 0 Å². The highest BCUT2D eigenvalue weighted by Gasteiger charge is 2.44. The summed E-state index contributed by atoms with van der Waals surface area (Å²) in [6.45, 7) is 9.79. The maximum absolute atomic E-state index is 13.6. The molecule has 45 heavy (non-hydrogen) atoms. The Kier molecular flexibility index (Phi) is 9.84. The Labute approximate surface area is 268 Å². The number of rotatable bonds is 13. The van der Waals surface area contributed by atoms with Crippen molar-refractivity contribution < 1.29 is 9.53 Å². The van der Waals surface area contributed by atoms with Gasteiger partial charge in [-0.05, 0) is 86.3 Å². The largest absolute Gasteiger partial charge is 0.363 e. The fourth-order valence-electron chi connectivity index (χ4n) is 6.40. The van der Waals surface area contributed by atoms with Crippen LogP contribution in [-0.4, -0.2) is 47.5 Å². The van der Waals surface area contributed by atoms with Gasteiger partial charge in [0, 0.05) is 31.0 Å². The molecule has 3 atom stereocenters. The van der Waals surface area contributed by atoms with E-state index in [1.165, 1.54) is 17.6 Å². The van der Waals surface area contributed by atoms with E-state index in [0.717, 1.165) is 66.5 Å². The molecule has 0 bridgehead atoms. The van der Waals surface area contributed by atoms with E-state index in [2.05, 4.69) is 108 Å². The number of nitrogens with zero attached hydrogens (tertiary/aromatic N) is 3. The zero-order valence-electron chi connectivity index (χ0n) is 27.0. The summed E-state index contributed by atoms with van der Waals surface area (Å²) in [6, 6.07) is 16.5. The number of anilines is 1. The zero-order valence-corrected chi connectivity index (χ0v) is 27.0.